The Bertz CT molecular complexity index is 462. The van der Waals surface area contributed by atoms with Crippen molar-refractivity contribution in [3.05, 3.63) is 23.9 Å². The summed E-state index contributed by atoms with van der Waals surface area (Å²) in [6, 6.07) is 3.00. The third-order valence-corrected chi connectivity index (χ3v) is 3.00. The van der Waals surface area contributed by atoms with Crippen molar-refractivity contribution >= 4 is 17.7 Å². The number of primary amides is 1. The van der Waals surface area contributed by atoms with E-state index in [-0.39, 0.29) is 6.54 Å². The van der Waals surface area contributed by atoms with E-state index < -0.39 is 17.3 Å². The van der Waals surface area contributed by atoms with Gasteiger partial charge in [0.25, 0.3) is 0 Å². The van der Waals surface area contributed by atoms with Crippen LogP contribution in [0.3, 0.4) is 0 Å². The first-order valence-electron chi connectivity index (χ1n) is 5.62. The highest BCUT2D eigenvalue weighted by Crippen LogP contribution is 2.21. The quantitative estimate of drug-likeness (QED) is 0.702. The van der Waals surface area contributed by atoms with Gasteiger partial charge in [0.1, 0.15) is 5.82 Å². The van der Waals surface area contributed by atoms with Gasteiger partial charge < -0.3 is 16.2 Å². The van der Waals surface area contributed by atoms with Gasteiger partial charge >= 0.3 is 5.97 Å². The van der Waals surface area contributed by atoms with E-state index in [0.717, 1.165) is 0 Å². The van der Waals surface area contributed by atoms with E-state index in [1.165, 1.54) is 18.3 Å². The second kappa shape index (κ2) is 5.48. The molecule has 0 aliphatic carbocycles. The van der Waals surface area contributed by atoms with E-state index >= 15 is 0 Å². The fraction of sp³-hybridized carbons (Fsp3) is 0.417. The lowest BCUT2D eigenvalue weighted by atomic mass is 9.88. The van der Waals surface area contributed by atoms with Crippen LogP contribution in [0.2, 0.25) is 0 Å². The number of aromatic nitrogens is 1. The maximum absolute atomic E-state index is 11.1. The Labute approximate surface area is 105 Å². The lowest BCUT2D eigenvalue weighted by Crippen LogP contribution is -2.34. The van der Waals surface area contributed by atoms with Crippen LogP contribution in [0.5, 0.6) is 0 Å². The summed E-state index contributed by atoms with van der Waals surface area (Å²) in [5, 5.41) is 12.0. The number of amides is 1. The molecule has 0 bridgehead atoms. The number of pyridine rings is 1. The normalized spacial score (nSPS) is 13.7. The first kappa shape index (κ1) is 14.0. The highest BCUT2D eigenvalue weighted by Gasteiger charge is 2.30. The predicted molar refractivity (Wildman–Crippen MR) is 67.3 cm³/mol. The van der Waals surface area contributed by atoms with Crippen LogP contribution in [0.15, 0.2) is 18.3 Å². The van der Waals surface area contributed by atoms with Crippen LogP contribution in [0.4, 0.5) is 5.82 Å². The fourth-order valence-electron chi connectivity index (χ4n) is 1.32. The van der Waals surface area contributed by atoms with Gasteiger partial charge in [0.15, 0.2) is 0 Å². The number of hydrogen-bond donors (Lipinski definition) is 3. The molecule has 6 heteroatoms. The SMILES string of the molecule is CCC(C)(CNc1cc(C(N)=O)ccn1)C(=O)O. The number of anilines is 1. The van der Waals surface area contributed by atoms with Crippen LogP contribution >= 0.6 is 0 Å². The van der Waals surface area contributed by atoms with Crippen molar-refractivity contribution in [1.82, 2.24) is 4.98 Å². The molecule has 1 unspecified atom stereocenters. The molecule has 0 saturated heterocycles. The molecular formula is C12H17N3O3. The summed E-state index contributed by atoms with van der Waals surface area (Å²) >= 11 is 0. The number of carboxylic acids is 1. The Morgan fingerprint density at radius 2 is 2.22 bits per heavy atom. The molecule has 0 spiro atoms. The highest BCUT2D eigenvalue weighted by atomic mass is 16.4. The number of carbonyl (C=O) groups is 2. The van der Waals surface area contributed by atoms with Crippen molar-refractivity contribution in [3.8, 4) is 0 Å². The summed E-state index contributed by atoms with van der Waals surface area (Å²) in [6.45, 7) is 3.69. The van der Waals surface area contributed by atoms with Gasteiger partial charge in [-0.25, -0.2) is 4.98 Å². The van der Waals surface area contributed by atoms with Crippen molar-refractivity contribution in [3.63, 3.8) is 0 Å². The molecule has 98 valence electrons. The van der Waals surface area contributed by atoms with Gasteiger partial charge in [-0.15, -0.1) is 0 Å². The lowest BCUT2D eigenvalue weighted by Gasteiger charge is -2.23. The standard InChI is InChI=1S/C12H17N3O3/c1-3-12(2,11(17)18)7-15-9-6-8(10(13)16)4-5-14-9/h4-6H,3,7H2,1-2H3,(H2,13,16)(H,14,15)(H,17,18). The van der Waals surface area contributed by atoms with Crippen molar-refractivity contribution in [2.24, 2.45) is 11.1 Å². The average molecular weight is 251 g/mol. The van der Waals surface area contributed by atoms with E-state index in [9.17, 15) is 9.59 Å². The van der Waals surface area contributed by atoms with E-state index in [4.69, 9.17) is 10.8 Å². The Morgan fingerprint density at radius 3 is 2.72 bits per heavy atom. The minimum Gasteiger partial charge on any atom is -0.481 e. The van der Waals surface area contributed by atoms with E-state index in [2.05, 4.69) is 10.3 Å². The molecule has 1 rings (SSSR count). The lowest BCUT2D eigenvalue weighted by molar-refractivity contribution is -0.147. The fourth-order valence-corrected chi connectivity index (χ4v) is 1.32. The molecular weight excluding hydrogens is 234 g/mol. The monoisotopic (exact) mass is 251 g/mol. The topological polar surface area (TPSA) is 105 Å². The first-order chi connectivity index (χ1) is 8.39. The highest BCUT2D eigenvalue weighted by molar-refractivity contribution is 5.93. The number of hydrogen-bond acceptors (Lipinski definition) is 4. The minimum atomic E-state index is -0.872. The molecule has 0 fully saturated rings. The second-order valence-corrected chi connectivity index (χ2v) is 4.37. The zero-order chi connectivity index (χ0) is 13.8. The molecule has 1 aromatic rings. The Morgan fingerprint density at radius 1 is 1.56 bits per heavy atom. The van der Waals surface area contributed by atoms with Gasteiger partial charge in [-0.2, -0.15) is 0 Å². The number of carboxylic acid groups (broad SMARTS) is 1. The second-order valence-electron chi connectivity index (χ2n) is 4.37. The molecule has 1 atom stereocenters. The summed E-state index contributed by atoms with van der Waals surface area (Å²) < 4.78 is 0. The van der Waals surface area contributed by atoms with E-state index in [1.807, 2.05) is 6.92 Å². The van der Waals surface area contributed by atoms with Crippen LogP contribution in [0.1, 0.15) is 30.6 Å². The molecule has 4 N–H and O–H groups in total. The predicted octanol–water partition coefficient (Wildman–Crippen LogP) is 1.09. The molecule has 0 saturated carbocycles. The number of aliphatic carboxylic acids is 1. The number of carbonyl (C=O) groups excluding carboxylic acids is 1. The maximum Gasteiger partial charge on any atom is 0.311 e. The molecule has 0 aliphatic heterocycles. The van der Waals surface area contributed by atoms with Gasteiger partial charge in [-0.3, -0.25) is 9.59 Å². The Hall–Kier alpha value is -2.11. The zero-order valence-corrected chi connectivity index (χ0v) is 10.4. The average Bonchev–Trinajstić information content (AvgIpc) is 2.36. The Kier molecular flexibility index (Phi) is 4.25. The van der Waals surface area contributed by atoms with Crippen LogP contribution < -0.4 is 11.1 Å². The molecule has 1 heterocycles. The third kappa shape index (κ3) is 3.19. The molecule has 1 aromatic heterocycles. The molecule has 1 amide bonds. The first-order valence-corrected chi connectivity index (χ1v) is 5.62. The van der Waals surface area contributed by atoms with Crippen molar-refractivity contribution in [2.75, 3.05) is 11.9 Å². The van der Waals surface area contributed by atoms with Crippen molar-refractivity contribution in [2.45, 2.75) is 20.3 Å². The summed E-state index contributed by atoms with van der Waals surface area (Å²) in [5.41, 5.74) is 4.61. The third-order valence-electron chi connectivity index (χ3n) is 3.00. The largest absolute Gasteiger partial charge is 0.481 e. The minimum absolute atomic E-state index is 0.230. The van der Waals surface area contributed by atoms with Crippen LogP contribution in [0, 0.1) is 5.41 Å². The molecule has 18 heavy (non-hydrogen) atoms. The maximum atomic E-state index is 11.1. The molecule has 0 radical (unpaired) electrons. The number of nitrogens with zero attached hydrogens (tertiary/aromatic N) is 1. The number of nitrogens with two attached hydrogens (primary N) is 1. The smallest absolute Gasteiger partial charge is 0.311 e. The van der Waals surface area contributed by atoms with E-state index in [0.29, 0.717) is 17.8 Å². The van der Waals surface area contributed by atoms with Gasteiger partial charge in [0.2, 0.25) is 5.91 Å². The zero-order valence-electron chi connectivity index (χ0n) is 10.4. The molecule has 0 aromatic carbocycles. The molecule has 0 aliphatic rings. The summed E-state index contributed by atoms with van der Waals surface area (Å²) in [7, 11) is 0. The van der Waals surface area contributed by atoms with E-state index in [1.54, 1.807) is 6.92 Å². The van der Waals surface area contributed by atoms with Gasteiger partial charge in [-0.05, 0) is 25.5 Å². The Balaban J connectivity index is 2.77. The number of nitrogens with one attached hydrogen (secondary N) is 1. The van der Waals surface area contributed by atoms with Crippen molar-refractivity contribution in [1.29, 1.82) is 0 Å². The summed E-state index contributed by atoms with van der Waals surface area (Å²) in [6.07, 6.45) is 1.94. The van der Waals surface area contributed by atoms with Gasteiger partial charge in [0.05, 0.1) is 5.41 Å². The summed E-state index contributed by atoms with van der Waals surface area (Å²) in [5.74, 6) is -0.979. The molecule has 6 nitrogen and oxygen atoms in total. The van der Waals surface area contributed by atoms with Crippen LogP contribution in [0.25, 0.3) is 0 Å². The number of rotatable bonds is 6. The van der Waals surface area contributed by atoms with Gasteiger partial charge in [-0.1, -0.05) is 6.92 Å². The summed E-state index contributed by atoms with van der Waals surface area (Å²) in [4.78, 5) is 26.1. The van der Waals surface area contributed by atoms with Crippen LogP contribution in [-0.2, 0) is 4.79 Å². The van der Waals surface area contributed by atoms with Crippen LogP contribution in [-0.4, -0.2) is 28.5 Å². The van der Waals surface area contributed by atoms with Crippen molar-refractivity contribution < 1.29 is 14.7 Å². The van der Waals surface area contributed by atoms with Gasteiger partial charge in [0, 0.05) is 18.3 Å².